The quantitative estimate of drug-likeness (QED) is 0.826. The Balaban J connectivity index is 1.87. The van der Waals surface area contributed by atoms with E-state index in [-0.39, 0.29) is 18.6 Å². The zero-order valence-electron chi connectivity index (χ0n) is 13.2. The van der Waals surface area contributed by atoms with Crippen molar-refractivity contribution in [2.75, 3.05) is 25.5 Å². The maximum Gasteiger partial charge on any atom is 0.321 e. The maximum absolute atomic E-state index is 12.2. The molecule has 120 valence electrons. The second-order valence-corrected chi connectivity index (χ2v) is 6.03. The van der Waals surface area contributed by atoms with Crippen LogP contribution in [0.1, 0.15) is 17.8 Å². The van der Waals surface area contributed by atoms with Crippen molar-refractivity contribution in [1.29, 1.82) is 0 Å². The van der Waals surface area contributed by atoms with Gasteiger partial charge in [0.15, 0.2) is 0 Å². The van der Waals surface area contributed by atoms with Crippen molar-refractivity contribution < 1.29 is 9.53 Å². The molecule has 0 aliphatic heterocycles. The van der Waals surface area contributed by atoms with Gasteiger partial charge >= 0.3 is 6.03 Å². The number of nitrogens with one attached hydrogen (secondary N) is 1. The predicted molar refractivity (Wildman–Crippen MR) is 92.9 cm³/mol. The molecule has 2 amide bonds. The summed E-state index contributed by atoms with van der Waals surface area (Å²) in [5, 5.41) is 5.82. The number of urea groups is 1. The Hall–Kier alpha value is -2.52. The van der Waals surface area contributed by atoms with Gasteiger partial charge in [-0.1, -0.05) is 12.8 Å². The first-order chi connectivity index (χ1) is 11.1. The molecule has 0 spiro atoms. The lowest BCUT2D eigenvalue weighted by molar-refractivity contribution is 0.220. The molecule has 5 nitrogen and oxygen atoms in total. The molecule has 0 bridgehead atoms. The minimum Gasteiger partial charge on any atom is -0.481 e. The fourth-order valence-corrected chi connectivity index (χ4v) is 2.72. The SMILES string of the molecule is C#CCOc1ccc(NC(=O)N(C)C[C@@H](C)c2nccs2)cc1. The van der Waals surface area contributed by atoms with E-state index < -0.39 is 0 Å². The summed E-state index contributed by atoms with van der Waals surface area (Å²) in [6.45, 7) is 2.88. The molecule has 6 heteroatoms. The highest BCUT2D eigenvalue weighted by atomic mass is 32.1. The number of likely N-dealkylation sites (N-methyl/N-ethyl adjacent to an activating group) is 1. The van der Waals surface area contributed by atoms with E-state index in [1.807, 2.05) is 5.38 Å². The molecular formula is C17H19N3O2S. The third kappa shape index (κ3) is 5.01. The van der Waals surface area contributed by atoms with E-state index in [0.29, 0.717) is 18.0 Å². The molecule has 1 N–H and O–H groups in total. The van der Waals surface area contributed by atoms with Crippen molar-refractivity contribution in [1.82, 2.24) is 9.88 Å². The number of thiazole rings is 1. The molecule has 0 unspecified atom stereocenters. The highest BCUT2D eigenvalue weighted by Gasteiger charge is 2.15. The van der Waals surface area contributed by atoms with Gasteiger partial charge < -0.3 is 15.0 Å². The van der Waals surface area contributed by atoms with Crippen molar-refractivity contribution in [2.45, 2.75) is 12.8 Å². The molecule has 1 aromatic heterocycles. The maximum atomic E-state index is 12.2. The van der Waals surface area contributed by atoms with E-state index in [0.717, 1.165) is 5.01 Å². The molecule has 1 heterocycles. The van der Waals surface area contributed by atoms with Crippen LogP contribution in [-0.2, 0) is 0 Å². The van der Waals surface area contributed by atoms with Crippen molar-refractivity contribution >= 4 is 23.1 Å². The van der Waals surface area contributed by atoms with Gasteiger partial charge in [0.05, 0.1) is 5.01 Å². The average molecular weight is 329 g/mol. The summed E-state index contributed by atoms with van der Waals surface area (Å²) in [6, 6.07) is 6.94. The molecule has 0 saturated carbocycles. The number of carbonyl (C=O) groups excluding carboxylic acids is 1. The Morgan fingerprint density at radius 3 is 2.83 bits per heavy atom. The van der Waals surface area contributed by atoms with Gasteiger partial charge in [0.1, 0.15) is 12.4 Å². The zero-order valence-corrected chi connectivity index (χ0v) is 14.0. The summed E-state index contributed by atoms with van der Waals surface area (Å²) in [7, 11) is 1.77. The smallest absolute Gasteiger partial charge is 0.321 e. The van der Waals surface area contributed by atoms with Gasteiger partial charge in [0.25, 0.3) is 0 Å². The lowest BCUT2D eigenvalue weighted by Gasteiger charge is -2.21. The first-order valence-electron chi connectivity index (χ1n) is 7.18. The van der Waals surface area contributed by atoms with Crippen LogP contribution in [0.2, 0.25) is 0 Å². The van der Waals surface area contributed by atoms with Crippen LogP contribution in [0.4, 0.5) is 10.5 Å². The first-order valence-corrected chi connectivity index (χ1v) is 8.06. The molecule has 23 heavy (non-hydrogen) atoms. The van der Waals surface area contributed by atoms with Crippen LogP contribution < -0.4 is 10.1 Å². The number of ether oxygens (including phenoxy) is 1. The van der Waals surface area contributed by atoms with Crippen LogP contribution >= 0.6 is 11.3 Å². The van der Waals surface area contributed by atoms with E-state index in [1.54, 1.807) is 53.7 Å². The average Bonchev–Trinajstić information content (AvgIpc) is 3.08. The second kappa shape index (κ2) is 8.20. The highest BCUT2D eigenvalue weighted by Crippen LogP contribution is 2.19. The number of carbonyl (C=O) groups is 1. The number of hydrogen-bond donors (Lipinski definition) is 1. The molecule has 1 atom stereocenters. The minimum atomic E-state index is -0.161. The summed E-state index contributed by atoms with van der Waals surface area (Å²) >= 11 is 1.60. The van der Waals surface area contributed by atoms with Gasteiger partial charge in [-0.3, -0.25) is 0 Å². The molecule has 0 aliphatic rings. The number of hydrogen-bond acceptors (Lipinski definition) is 4. The van der Waals surface area contributed by atoms with Gasteiger partial charge in [-0.25, -0.2) is 9.78 Å². The molecular weight excluding hydrogens is 310 g/mol. The van der Waals surface area contributed by atoms with Crippen molar-refractivity contribution in [3.05, 3.63) is 40.8 Å². The Bertz CT molecular complexity index is 662. The van der Waals surface area contributed by atoms with Gasteiger partial charge in [-0.2, -0.15) is 0 Å². The molecule has 0 saturated heterocycles. The van der Waals surface area contributed by atoms with E-state index >= 15 is 0 Å². The topological polar surface area (TPSA) is 54.5 Å². The fraction of sp³-hybridized carbons (Fsp3) is 0.294. The summed E-state index contributed by atoms with van der Waals surface area (Å²) in [5.74, 6) is 3.28. The summed E-state index contributed by atoms with van der Waals surface area (Å²) in [5.41, 5.74) is 0.705. The van der Waals surface area contributed by atoms with Crippen LogP contribution in [-0.4, -0.2) is 36.1 Å². The van der Waals surface area contributed by atoms with Crippen LogP contribution in [0.5, 0.6) is 5.75 Å². The second-order valence-electron chi connectivity index (χ2n) is 5.10. The van der Waals surface area contributed by atoms with E-state index in [1.165, 1.54) is 0 Å². The number of terminal acetylenes is 1. The molecule has 0 aliphatic carbocycles. The Labute approximate surface area is 140 Å². The molecule has 1 aromatic carbocycles. The third-order valence-electron chi connectivity index (χ3n) is 3.20. The number of aromatic nitrogens is 1. The molecule has 0 radical (unpaired) electrons. The number of rotatable bonds is 6. The molecule has 2 rings (SSSR count). The fourth-order valence-electron chi connectivity index (χ4n) is 2.03. The van der Waals surface area contributed by atoms with Gasteiger partial charge in [-0.15, -0.1) is 17.8 Å². The van der Waals surface area contributed by atoms with E-state index in [2.05, 4.69) is 23.1 Å². The Morgan fingerprint density at radius 2 is 2.22 bits per heavy atom. The number of nitrogens with zero attached hydrogens (tertiary/aromatic N) is 2. The lowest BCUT2D eigenvalue weighted by atomic mass is 10.2. The van der Waals surface area contributed by atoms with E-state index in [9.17, 15) is 4.79 Å². The third-order valence-corrected chi connectivity index (χ3v) is 4.20. The van der Waals surface area contributed by atoms with Crippen LogP contribution in [0.25, 0.3) is 0 Å². The zero-order chi connectivity index (χ0) is 16.7. The number of amides is 2. The Morgan fingerprint density at radius 1 is 1.48 bits per heavy atom. The standard InChI is InChI=1S/C17H19N3O2S/c1-4-10-22-15-7-5-14(6-8-15)19-17(21)20(3)12-13(2)16-18-9-11-23-16/h1,5-9,11,13H,10,12H2,2-3H3,(H,19,21)/t13-/m1/s1. The Kier molecular flexibility index (Phi) is 6.01. The summed E-state index contributed by atoms with van der Waals surface area (Å²) < 4.78 is 5.29. The largest absolute Gasteiger partial charge is 0.481 e. The van der Waals surface area contributed by atoms with Crippen LogP contribution in [0.15, 0.2) is 35.8 Å². The highest BCUT2D eigenvalue weighted by molar-refractivity contribution is 7.09. The van der Waals surface area contributed by atoms with Gasteiger partial charge in [0.2, 0.25) is 0 Å². The monoisotopic (exact) mass is 329 g/mol. The first kappa shape index (κ1) is 16.8. The molecule has 0 fully saturated rings. The van der Waals surface area contributed by atoms with E-state index in [4.69, 9.17) is 11.2 Å². The van der Waals surface area contributed by atoms with Crippen molar-refractivity contribution in [2.24, 2.45) is 0 Å². The van der Waals surface area contributed by atoms with Crippen molar-refractivity contribution in [3.8, 4) is 18.1 Å². The predicted octanol–water partition coefficient (Wildman–Crippen LogP) is 3.42. The van der Waals surface area contributed by atoms with Crippen LogP contribution in [0, 0.1) is 12.3 Å². The lowest BCUT2D eigenvalue weighted by Crippen LogP contribution is -2.34. The van der Waals surface area contributed by atoms with Gasteiger partial charge in [-0.05, 0) is 24.3 Å². The van der Waals surface area contributed by atoms with Crippen LogP contribution in [0.3, 0.4) is 0 Å². The normalized spacial score (nSPS) is 11.3. The van der Waals surface area contributed by atoms with Crippen molar-refractivity contribution in [3.63, 3.8) is 0 Å². The molecule has 2 aromatic rings. The van der Waals surface area contributed by atoms with Gasteiger partial charge in [0, 0.05) is 36.8 Å². The summed E-state index contributed by atoms with van der Waals surface area (Å²) in [4.78, 5) is 18.1. The number of benzene rings is 1. The summed E-state index contributed by atoms with van der Waals surface area (Å²) in [6.07, 6.45) is 6.92. The number of anilines is 1. The minimum absolute atomic E-state index is 0.161.